The van der Waals surface area contributed by atoms with E-state index in [-0.39, 0.29) is 0 Å². The standard InChI is InChI=1S/C75H50N4O2/c1-9-25-51(26-10-1)53-41-45-61(46-42-53)78(59-37-21-7-22-38-59)65-49-63-67(71-69(65)76-73(80-71)55-29-13-3-14-30-55)68-64(75(63,57-33-17-5-18-34-57)58-35-19-6-20-36-58)50-66(70-72(68)81-74(77-70)56-31-15-4-16-32-56)79(60-39-23-8-24-40-60)62-47-43-54(44-48-62)52-27-11-2-12-28-52/h1-50H. The van der Waals surface area contributed by atoms with E-state index in [0.29, 0.717) is 34.0 Å². The maximum Gasteiger partial charge on any atom is 0.227 e. The minimum absolute atomic E-state index is 0.510. The van der Waals surface area contributed by atoms with Gasteiger partial charge >= 0.3 is 0 Å². The van der Waals surface area contributed by atoms with Crippen molar-refractivity contribution in [3.8, 4) is 56.3 Å². The fraction of sp³-hybridized carbons (Fsp3) is 0.0133. The first kappa shape index (κ1) is 47.4. The Labute approximate surface area is 469 Å². The molecule has 2 heterocycles. The normalized spacial score (nSPS) is 12.3. The lowest BCUT2D eigenvalue weighted by Crippen LogP contribution is -2.29. The van der Waals surface area contributed by atoms with E-state index in [4.69, 9.17) is 18.8 Å². The van der Waals surface area contributed by atoms with Gasteiger partial charge in [0.2, 0.25) is 11.8 Å². The minimum atomic E-state index is -0.975. The Kier molecular flexibility index (Phi) is 11.6. The van der Waals surface area contributed by atoms with Crippen LogP contribution in [0.5, 0.6) is 0 Å². The highest BCUT2D eigenvalue weighted by molar-refractivity contribution is 6.15. The third-order valence-corrected chi connectivity index (χ3v) is 15.8. The molecule has 0 radical (unpaired) electrons. The van der Waals surface area contributed by atoms with Crippen molar-refractivity contribution in [1.82, 2.24) is 9.97 Å². The molecule has 0 unspecified atom stereocenters. The quantitative estimate of drug-likeness (QED) is 0.122. The highest BCUT2D eigenvalue weighted by atomic mass is 16.4. The monoisotopic (exact) mass is 1040 g/mol. The topological polar surface area (TPSA) is 58.5 Å². The van der Waals surface area contributed by atoms with Crippen LogP contribution in [0.4, 0.5) is 34.1 Å². The smallest absolute Gasteiger partial charge is 0.227 e. The molecule has 1 aliphatic rings. The van der Waals surface area contributed by atoms with E-state index in [0.717, 1.165) is 101 Å². The summed E-state index contributed by atoms with van der Waals surface area (Å²) in [7, 11) is 0. The summed E-state index contributed by atoms with van der Waals surface area (Å²) < 4.78 is 14.9. The van der Waals surface area contributed by atoms with E-state index in [9.17, 15) is 0 Å². The van der Waals surface area contributed by atoms with Crippen LogP contribution in [0.15, 0.2) is 312 Å². The molecule has 0 bridgehead atoms. The van der Waals surface area contributed by atoms with Gasteiger partial charge in [-0.2, -0.15) is 0 Å². The Bertz CT molecular complexity index is 4220. The fourth-order valence-electron chi connectivity index (χ4n) is 12.1. The predicted molar refractivity (Wildman–Crippen MR) is 330 cm³/mol. The lowest BCUT2D eigenvalue weighted by molar-refractivity contribution is 0.616. The van der Waals surface area contributed by atoms with Crippen molar-refractivity contribution in [3.05, 3.63) is 326 Å². The minimum Gasteiger partial charge on any atom is -0.435 e. The first-order chi connectivity index (χ1) is 40.2. The van der Waals surface area contributed by atoms with E-state index in [1.165, 1.54) is 0 Å². The molecule has 12 aromatic carbocycles. The average molecular weight is 1040 g/mol. The third-order valence-electron chi connectivity index (χ3n) is 15.8. The van der Waals surface area contributed by atoms with Crippen molar-refractivity contribution in [2.75, 3.05) is 9.80 Å². The Morgan fingerprint density at radius 2 is 0.543 bits per heavy atom. The Balaban J connectivity index is 1.09. The number of para-hydroxylation sites is 2. The van der Waals surface area contributed by atoms with Crippen LogP contribution in [0.3, 0.4) is 0 Å². The van der Waals surface area contributed by atoms with Gasteiger partial charge in [-0.3, -0.25) is 0 Å². The summed E-state index contributed by atoms with van der Waals surface area (Å²) in [6, 6.07) is 107. The number of anilines is 6. The second-order valence-corrected chi connectivity index (χ2v) is 20.4. The van der Waals surface area contributed by atoms with Crippen LogP contribution in [-0.2, 0) is 5.41 Å². The van der Waals surface area contributed by atoms with E-state index in [1.54, 1.807) is 0 Å². The number of hydrogen-bond acceptors (Lipinski definition) is 6. The largest absolute Gasteiger partial charge is 0.435 e. The molecule has 81 heavy (non-hydrogen) atoms. The zero-order chi connectivity index (χ0) is 53.7. The molecule has 15 rings (SSSR count). The number of benzene rings is 12. The summed E-state index contributed by atoms with van der Waals surface area (Å²) in [6.07, 6.45) is 0. The first-order valence-electron chi connectivity index (χ1n) is 27.4. The molecule has 0 spiro atoms. The van der Waals surface area contributed by atoms with Gasteiger partial charge in [-0.1, -0.05) is 218 Å². The van der Waals surface area contributed by atoms with Gasteiger partial charge in [0.15, 0.2) is 11.2 Å². The molecule has 382 valence electrons. The van der Waals surface area contributed by atoms with Crippen molar-refractivity contribution in [2.24, 2.45) is 0 Å². The third kappa shape index (κ3) is 8.03. The van der Waals surface area contributed by atoms with Crippen LogP contribution < -0.4 is 9.80 Å². The molecule has 0 fully saturated rings. The van der Waals surface area contributed by atoms with Crippen LogP contribution in [0.2, 0.25) is 0 Å². The van der Waals surface area contributed by atoms with Crippen molar-refractivity contribution in [1.29, 1.82) is 0 Å². The molecule has 0 N–H and O–H groups in total. The van der Waals surface area contributed by atoms with Crippen molar-refractivity contribution in [2.45, 2.75) is 5.41 Å². The maximum atomic E-state index is 7.45. The van der Waals surface area contributed by atoms with Gasteiger partial charge in [-0.05, 0) is 129 Å². The van der Waals surface area contributed by atoms with E-state index in [2.05, 4.69) is 277 Å². The van der Waals surface area contributed by atoms with Gasteiger partial charge in [-0.25, -0.2) is 9.97 Å². The Morgan fingerprint density at radius 1 is 0.272 bits per heavy atom. The SMILES string of the molecule is c1ccc(-c2ccc(N(c3ccccc3)c3cc4c(c5oc(-c6ccccc6)nc35)-c3c(cc(N(c5ccccc5)c5ccc(-c6ccccc6)cc5)c5nc(-c6ccccc6)oc35)C4(c3ccccc3)c3ccccc3)cc2)cc1. The molecule has 0 saturated carbocycles. The number of fused-ring (bicyclic) bond motifs is 7. The Hall–Kier alpha value is -10.8. The lowest BCUT2D eigenvalue weighted by Gasteiger charge is -2.35. The van der Waals surface area contributed by atoms with Gasteiger partial charge in [0, 0.05) is 45.0 Å². The van der Waals surface area contributed by atoms with Gasteiger partial charge in [0.25, 0.3) is 0 Å². The van der Waals surface area contributed by atoms with Gasteiger partial charge in [0.1, 0.15) is 11.0 Å². The van der Waals surface area contributed by atoms with Crippen LogP contribution in [0, 0.1) is 0 Å². The number of oxazole rings is 2. The number of nitrogens with zero attached hydrogens (tertiary/aromatic N) is 4. The summed E-state index contributed by atoms with van der Waals surface area (Å²) in [4.78, 5) is 15.8. The van der Waals surface area contributed by atoms with Gasteiger partial charge < -0.3 is 18.6 Å². The number of hydrogen-bond donors (Lipinski definition) is 0. The van der Waals surface area contributed by atoms with Crippen molar-refractivity contribution < 1.29 is 8.83 Å². The molecule has 6 nitrogen and oxygen atoms in total. The van der Waals surface area contributed by atoms with Gasteiger partial charge in [0.05, 0.1) is 16.8 Å². The zero-order valence-electron chi connectivity index (χ0n) is 44.0. The summed E-state index contributed by atoms with van der Waals surface area (Å²) in [5.41, 5.74) is 19.6. The fourth-order valence-corrected chi connectivity index (χ4v) is 12.1. The van der Waals surface area contributed by atoms with E-state index >= 15 is 0 Å². The van der Waals surface area contributed by atoms with Crippen LogP contribution in [0.25, 0.3) is 78.5 Å². The number of aromatic nitrogens is 2. The first-order valence-corrected chi connectivity index (χ1v) is 27.4. The molecule has 0 saturated heterocycles. The molecule has 0 amide bonds. The van der Waals surface area contributed by atoms with Crippen LogP contribution in [0.1, 0.15) is 22.3 Å². The summed E-state index contributed by atoms with van der Waals surface area (Å²) in [6.45, 7) is 0. The zero-order valence-corrected chi connectivity index (χ0v) is 44.0. The second-order valence-electron chi connectivity index (χ2n) is 20.4. The van der Waals surface area contributed by atoms with E-state index in [1.807, 2.05) is 36.4 Å². The molecule has 6 heteroatoms. The van der Waals surface area contributed by atoms with Crippen molar-refractivity contribution >= 4 is 56.3 Å². The molecule has 2 aromatic heterocycles. The van der Waals surface area contributed by atoms with Gasteiger partial charge in [-0.15, -0.1) is 0 Å². The highest BCUT2D eigenvalue weighted by Gasteiger charge is 2.51. The second kappa shape index (κ2) is 19.9. The molecule has 0 aliphatic heterocycles. The number of rotatable bonds is 12. The lowest BCUT2D eigenvalue weighted by atomic mass is 9.67. The summed E-state index contributed by atoms with van der Waals surface area (Å²) in [5.74, 6) is 1.02. The predicted octanol–water partition coefficient (Wildman–Crippen LogP) is 19.9. The molecule has 14 aromatic rings. The van der Waals surface area contributed by atoms with E-state index < -0.39 is 5.41 Å². The van der Waals surface area contributed by atoms with Crippen molar-refractivity contribution in [3.63, 3.8) is 0 Å². The maximum absolute atomic E-state index is 7.45. The summed E-state index contributed by atoms with van der Waals surface area (Å²) in [5, 5.41) is 0. The van der Waals surface area contributed by atoms with Crippen LogP contribution in [-0.4, -0.2) is 9.97 Å². The Morgan fingerprint density at radius 3 is 0.877 bits per heavy atom. The highest BCUT2D eigenvalue weighted by Crippen LogP contribution is 2.63. The molecular formula is C75H50N4O2. The van der Waals surface area contributed by atoms with Crippen LogP contribution >= 0.6 is 0 Å². The molecular weight excluding hydrogens is 989 g/mol. The summed E-state index contributed by atoms with van der Waals surface area (Å²) >= 11 is 0. The molecule has 1 aliphatic carbocycles. The average Bonchev–Trinajstić information content (AvgIpc) is 2.34. The molecule has 0 atom stereocenters.